The van der Waals surface area contributed by atoms with Gasteiger partial charge in [0.2, 0.25) is 5.95 Å². The van der Waals surface area contributed by atoms with E-state index in [0.29, 0.717) is 11.2 Å². The number of carbonyl (C=O) groups is 1. The van der Waals surface area contributed by atoms with Gasteiger partial charge in [-0.25, -0.2) is 9.20 Å². The summed E-state index contributed by atoms with van der Waals surface area (Å²) in [4.78, 5) is 29.2. The Kier molecular flexibility index (Phi) is 4.91. The van der Waals surface area contributed by atoms with Gasteiger partial charge >= 0.3 is 6.18 Å². The van der Waals surface area contributed by atoms with Crippen LogP contribution < -0.4 is 5.56 Å². The Bertz CT molecular complexity index is 1180. The first-order valence-electron chi connectivity index (χ1n) is 9.71. The molecule has 0 radical (unpaired) electrons. The van der Waals surface area contributed by atoms with Crippen LogP contribution in [0.4, 0.5) is 13.2 Å². The zero-order chi connectivity index (χ0) is 22.6. The number of hydrogen-bond donors (Lipinski definition) is 2. The number of amides is 1. The average molecular weight is 438 g/mol. The van der Waals surface area contributed by atoms with Gasteiger partial charge in [-0.1, -0.05) is 0 Å². The van der Waals surface area contributed by atoms with Gasteiger partial charge in [-0.2, -0.15) is 18.3 Å². The highest BCUT2D eigenvalue weighted by atomic mass is 19.4. The van der Waals surface area contributed by atoms with Gasteiger partial charge in [0.25, 0.3) is 11.5 Å². The number of aliphatic hydroxyl groups is 1. The maximum Gasteiger partial charge on any atom is 0.417 e. The molecule has 0 aromatic carbocycles. The second-order valence-electron chi connectivity index (χ2n) is 7.88. The van der Waals surface area contributed by atoms with E-state index in [1.54, 1.807) is 25.3 Å². The van der Waals surface area contributed by atoms with Crippen LogP contribution in [0.1, 0.15) is 35.8 Å². The Morgan fingerprint density at radius 1 is 1.29 bits per heavy atom. The van der Waals surface area contributed by atoms with Gasteiger partial charge < -0.3 is 10.0 Å². The predicted octanol–water partition coefficient (Wildman–Crippen LogP) is 1.68. The minimum Gasteiger partial charge on any atom is -0.380 e. The first kappa shape index (κ1) is 21.1. The second-order valence-corrected chi connectivity index (χ2v) is 7.88. The summed E-state index contributed by atoms with van der Waals surface area (Å²) in [7, 11) is 0. The molecule has 4 rings (SSSR count). The molecule has 9 nitrogen and oxygen atoms in total. The van der Waals surface area contributed by atoms with Crippen molar-refractivity contribution in [2.45, 2.75) is 38.5 Å². The van der Waals surface area contributed by atoms with Gasteiger partial charge in [-0.15, -0.1) is 5.10 Å². The monoisotopic (exact) mass is 438 g/mol. The lowest BCUT2D eigenvalue weighted by Crippen LogP contribution is -2.53. The van der Waals surface area contributed by atoms with E-state index in [4.69, 9.17) is 0 Å². The summed E-state index contributed by atoms with van der Waals surface area (Å²) < 4.78 is 42.0. The molecule has 1 atom stereocenters. The maximum absolute atomic E-state index is 13.1. The van der Waals surface area contributed by atoms with E-state index < -0.39 is 17.7 Å². The number of rotatable bonds is 3. The van der Waals surface area contributed by atoms with E-state index in [-0.39, 0.29) is 48.9 Å². The van der Waals surface area contributed by atoms with Crippen LogP contribution in [0.25, 0.3) is 11.5 Å². The Labute approximate surface area is 174 Å². The fraction of sp³-hybridized carbons (Fsp3) is 0.474. The molecule has 4 heterocycles. The van der Waals surface area contributed by atoms with Crippen molar-refractivity contribution < 1.29 is 23.1 Å². The molecule has 12 heteroatoms. The minimum absolute atomic E-state index is 0.0323. The Morgan fingerprint density at radius 3 is 2.61 bits per heavy atom. The third kappa shape index (κ3) is 3.50. The number of piperidine rings is 1. The van der Waals surface area contributed by atoms with E-state index >= 15 is 0 Å². The molecule has 1 aliphatic rings. The summed E-state index contributed by atoms with van der Waals surface area (Å²) in [5.41, 5.74) is -2.10. The zero-order valence-corrected chi connectivity index (χ0v) is 16.8. The lowest BCUT2D eigenvalue weighted by atomic mass is 9.81. The molecule has 1 aliphatic heterocycles. The number of fused-ring (bicyclic) bond motifs is 1. The molecule has 0 spiro atoms. The quantitative estimate of drug-likeness (QED) is 0.647. The maximum atomic E-state index is 13.1. The van der Waals surface area contributed by atoms with Gasteiger partial charge in [0.15, 0.2) is 5.60 Å². The number of aromatic nitrogens is 5. The Balaban J connectivity index is 1.53. The fourth-order valence-corrected chi connectivity index (χ4v) is 3.91. The number of carbonyl (C=O) groups excluding carboxylic acids is 1. The molecule has 3 aromatic rings. The smallest absolute Gasteiger partial charge is 0.380 e. The number of H-pyrrole nitrogens is 1. The molecule has 3 aromatic heterocycles. The standard InChI is InChI=1S/C19H21F3N6O3/c1-11-13(10-23-28(11)17-24-15(29)14-4-3-7-27(14)25-17)16(30)26-8-5-12(6-9-26)18(2,31)19(20,21)22/h3-4,7,10,12,31H,5-6,8-9H2,1-2H3,(H,24,25,29). The van der Waals surface area contributed by atoms with Crippen molar-refractivity contribution in [2.75, 3.05) is 13.1 Å². The van der Waals surface area contributed by atoms with Gasteiger partial charge in [-0.3, -0.25) is 14.6 Å². The molecule has 1 fully saturated rings. The number of nitrogens with zero attached hydrogens (tertiary/aromatic N) is 5. The highest BCUT2D eigenvalue weighted by Gasteiger charge is 2.55. The van der Waals surface area contributed by atoms with Crippen molar-refractivity contribution in [3.63, 3.8) is 0 Å². The van der Waals surface area contributed by atoms with Gasteiger partial charge in [-0.05, 0) is 44.7 Å². The zero-order valence-electron chi connectivity index (χ0n) is 16.8. The molecule has 0 bridgehead atoms. The number of likely N-dealkylation sites (tertiary alicyclic amines) is 1. The van der Waals surface area contributed by atoms with E-state index in [1.807, 2.05) is 0 Å². The highest BCUT2D eigenvalue weighted by molar-refractivity contribution is 5.95. The molecule has 1 unspecified atom stereocenters. The van der Waals surface area contributed by atoms with E-state index in [1.165, 1.54) is 20.3 Å². The van der Waals surface area contributed by atoms with E-state index in [0.717, 1.165) is 6.92 Å². The number of hydrogen-bond acceptors (Lipinski definition) is 5. The van der Waals surface area contributed by atoms with Crippen LogP contribution in [-0.4, -0.2) is 65.2 Å². The number of alkyl halides is 3. The molecule has 166 valence electrons. The normalized spacial score (nSPS) is 17.8. The minimum atomic E-state index is -4.73. The molecule has 31 heavy (non-hydrogen) atoms. The summed E-state index contributed by atoms with van der Waals surface area (Å²) in [6, 6.07) is 3.28. The van der Waals surface area contributed by atoms with Crippen LogP contribution in [0.3, 0.4) is 0 Å². The summed E-state index contributed by atoms with van der Waals surface area (Å²) in [5.74, 6) is -1.23. The van der Waals surface area contributed by atoms with Crippen molar-refractivity contribution in [1.29, 1.82) is 0 Å². The van der Waals surface area contributed by atoms with Crippen LogP contribution in [-0.2, 0) is 0 Å². The molecule has 1 amide bonds. The second kappa shape index (κ2) is 7.22. The van der Waals surface area contributed by atoms with Crippen LogP contribution >= 0.6 is 0 Å². The van der Waals surface area contributed by atoms with Crippen molar-refractivity contribution in [2.24, 2.45) is 5.92 Å². The molecular formula is C19H21F3N6O3. The lowest BCUT2D eigenvalue weighted by molar-refractivity contribution is -0.275. The number of aromatic amines is 1. The van der Waals surface area contributed by atoms with Gasteiger partial charge in [0, 0.05) is 19.3 Å². The molecule has 0 aliphatic carbocycles. The summed E-state index contributed by atoms with van der Waals surface area (Å²) in [5, 5.41) is 18.3. The van der Waals surface area contributed by atoms with Crippen LogP contribution in [0, 0.1) is 12.8 Å². The Morgan fingerprint density at radius 2 is 1.97 bits per heavy atom. The number of nitrogens with one attached hydrogen (secondary N) is 1. The molecule has 2 N–H and O–H groups in total. The third-order valence-corrected chi connectivity index (χ3v) is 5.98. The van der Waals surface area contributed by atoms with Gasteiger partial charge in [0.05, 0.1) is 17.5 Å². The largest absolute Gasteiger partial charge is 0.417 e. The SMILES string of the molecule is Cc1c(C(=O)N2CCC(C(C)(O)C(F)(F)F)CC2)cnn1-c1nn2cccc2c(=O)[nH]1. The van der Waals surface area contributed by atoms with Gasteiger partial charge in [0.1, 0.15) is 5.52 Å². The van der Waals surface area contributed by atoms with Crippen molar-refractivity contribution in [3.05, 3.63) is 46.1 Å². The molecule has 0 saturated carbocycles. The topological polar surface area (TPSA) is 109 Å². The Hall–Kier alpha value is -3.15. The first-order chi connectivity index (χ1) is 14.5. The lowest BCUT2D eigenvalue weighted by Gasteiger charge is -2.40. The van der Waals surface area contributed by atoms with Crippen LogP contribution in [0.15, 0.2) is 29.3 Å². The van der Waals surface area contributed by atoms with Crippen molar-refractivity contribution in [3.8, 4) is 5.95 Å². The molecule has 1 saturated heterocycles. The molecular weight excluding hydrogens is 417 g/mol. The first-order valence-corrected chi connectivity index (χ1v) is 9.71. The predicted molar refractivity (Wildman–Crippen MR) is 103 cm³/mol. The van der Waals surface area contributed by atoms with E-state index in [9.17, 15) is 27.9 Å². The van der Waals surface area contributed by atoms with Crippen LogP contribution in [0.2, 0.25) is 0 Å². The number of halogens is 3. The third-order valence-electron chi connectivity index (χ3n) is 5.98. The fourth-order valence-electron chi connectivity index (χ4n) is 3.91. The van der Waals surface area contributed by atoms with Crippen molar-refractivity contribution in [1.82, 2.24) is 29.3 Å². The van der Waals surface area contributed by atoms with Crippen molar-refractivity contribution >= 4 is 11.4 Å². The summed E-state index contributed by atoms with van der Waals surface area (Å²) >= 11 is 0. The van der Waals surface area contributed by atoms with E-state index in [2.05, 4.69) is 15.2 Å². The highest BCUT2D eigenvalue weighted by Crippen LogP contribution is 2.40. The summed E-state index contributed by atoms with van der Waals surface area (Å²) in [6.45, 7) is 2.59. The van der Waals surface area contributed by atoms with Crippen LogP contribution in [0.5, 0.6) is 0 Å². The summed E-state index contributed by atoms with van der Waals surface area (Å²) in [6.07, 6.45) is -1.71. The average Bonchev–Trinajstić information content (AvgIpc) is 3.33.